The number of allylic oxidation sites excluding steroid dienone is 1. The first kappa shape index (κ1) is 30.2. The summed E-state index contributed by atoms with van der Waals surface area (Å²) in [5.41, 5.74) is 1.14. The van der Waals surface area contributed by atoms with Gasteiger partial charge in [-0.25, -0.2) is 9.97 Å². The van der Waals surface area contributed by atoms with Gasteiger partial charge in [-0.1, -0.05) is 29.3 Å². The molecule has 1 atom stereocenters. The number of anilines is 3. The summed E-state index contributed by atoms with van der Waals surface area (Å²) in [7, 11) is 0.863. The molecule has 2 N–H and O–H groups in total. The Labute approximate surface area is 251 Å². The van der Waals surface area contributed by atoms with Crippen molar-refractivity contribution in [2.45, 2.75) is 5.16 Å². The largest absolute Gasteiger partial charge is 0.493 e. The molecule has 1 aromatic heterocycles. The number of nitro groups is 1. The van der Waals surface area contributed by atoms with Crippen molar-refractivity contribution in [1.82, 2.24) is 9.97 Å². The molecule has 12 nitrogen and oxygen atoms in total. The number of benzene rings is 3. The van der Waals surface area contributed by atoms with Gasteiger partial charge in [0.1, 0.15) is 22.4 Å². The number of ether oxygens (including phenoxy) is 2. The summed E-state index contributed by atoms with van der Waals surface area (Å²) in [5, 5.41) is 26.1. The molecule has 0 aliphatic rings. The first-order valence-electron chi connectivity index (χ1n) is 11.8. The number of nitriles is 1. The number of nitro benzene ring substituents is 1. The van der Waals surface area contributed by atoms with E-state index in [4.69, 9.17) is 37.9 Å². The SMILES string of the molecule is COc1cc2nc(S(=O)CC(=O)Nc3cccc([N+](=O)[O-])c3)nc(Nc3c(Cl)cc(/C=C/C#N)cc3Cl)c2cc1OC. The van der Waals surface area contributed by atoms with Crippen molar-refractivity contribution in [1.29, 1.82) is 5.26 Å². The maximum absolute atomic E-state index is 13.3. The predicted octanol–water partition coefficient (Wildman–Crippen LogP) is 5.89. The number of aromatic nitrogens is 2. The van der Waals surface area contributed by atoms with Gasteiger partial charge in [-0.05, 0) is 35.9 Å². The van der Waals surface area contributed by atoms with Crippen LogP contribution >= 0.6 is 23.2 Å². The molecule has 42 heavy (non-hydrogen) atoms. The molecular weight excluding hydrogens is 607 g/mol. The van der Waals surface area contributed by atoms with Crippen LogP contribution in [0.1, 0.15) is 5.56 Å². The summed E-state index contributed by atoms with van der Waals surface area (Å²) in [6.45, 7) is 0. The quantitative estimate of drug-likeness (QED) is 0.0936. The third kappa shape index (κ3) is 6.92. The molecule has 3 aromatic carbocycles. The zero-order valence-electron chi connectivity index (χ0n) is 21.9. The van der Waals surface area contributed by atoms with E-state index < -0.39 is 27.4 Å². The first-order chi connectivity index (χ1) is 20.1. The van der Waals surface area contributed by atoms with Gasteiger partial charge in [0.25, 0.3) is 5.69 Å². The Bertz CT molecular complexity index is 1790. The van der Waals surface area contributed by atoms with Crippen LogP contribution in [-0.4, -0.2) is 45.0 Å². The second-order valence-electron chi connectivity index (χ2n) is 8.37. The fourth-order valence-corrected chi connectivity index (χ4v) is 5.20. The van der Waals surface area contributed by atoms with Crippen LogP contribution < -0.4 is 20.1 Å². The van der Waals surface area contributed by atoms with E-state index in [0.29, 0.717) is 28.0 Å². The molecule has 0 spiro atoms. The predicted molar refractivity (Wildman–Crippen MR) is 160 cm³/mol. The number of carbonyl (C=O) groups is 1. The number of hydrogen-bond donors (Lipinski definition) is 2. The van der Waals surface area contributed by atoms with Crippen molar-refractivity contribution in [3.8, 4) is 17.6 Å². The number of nitrogens with zero attached hydrogens (tertiary/aromatic N) is 4. The zero-order chi connectivity index (χ0) is 30.4. The third-order valence-electron chi connectivity index (χ3n) is 5.65. The van der Waals surface area contributed by atoms with Crippen molar-refractivity contribution in [2.24, 2.45) is 0 Å². The summed E-state index contributed by atoms with van der Waals surface area (Å²) in [6, 6.07) is 13.6. The molecule has 15 heteroatoms. The zero-order valence-corrected chi connectivity index (χ0v) is 24.2. The van der Waals surface area contributed by atoms with E-state index in [0.717, 1.165) is 0 Å². The lowest BCUT2D eigenvalue weighted by molar-refractivity contribution is -0.384. The summed E-state index contributed by atoms with van der Waals surface area (Å²) in [5.74, 6) is -0.336. The molecule has 0 radical (unpaired) electrons. The topological polar surface area (TPSA) is 169 Å². The van der Waals surface area contributed by atoms with Crippen LogP contribution in [0.3, 0.4) is 0 Å². The van der Waals surface area contributed by atoms with Gasteiger partial charge in [0.2, 0.25) is 11.1 Å². The molecule has 4 rings (SSSR count). The second kappa shape index (κ2) is 13.3. The van der Waals surface area contributed by atoms with Gasteiger partial charge in [0.05, 0.1) is 46.5 Å². The Morgan fingerprint density at radius 1 is 1.12 bits per heavy atom. The van der Waals surface area contributed by atoms with E-state index in [-0.39, 0.29) is 38.1 Å². The van der Waals surface area contributed by atoms with Crippen LogP contribution in [-0.2, 0) is 15.6 Å². The van der Waals surface area contributed by atoms with Crippen molar-refractivity contribution in [2.75, 3.05) is 30.6 Å². The molecule has 0 bridgehead atoms. The lowest BCUT2D eigenvalue weighted by Gasteiger charge is -2.15. The van der Waals surface area contributed by atoms with Crippen molar-refractivity contribution in [3.63, 3.8) is 0 Å². The third-order valence-corrected chi connectivity index (χ3v) is 7.36. The Hall–Kier alpha value is -4.77. The summed E-state index contributed by atoms with van der Waals surface area (Å²) in [4.78, 5) is 31.9. The highest BCUT2D eigenvalue weighted by Crippen LogP contribution is 2.39. The number of non-ortho nitro benzene ring substituents is 1. The second-order valence-corrected chi connectivity index (χ2v) is 10.5. The van der Waals surface area contributed by atoms with Gasteiger partial charge < -0.3 is 20.1 Å². The minimum atomic E-state index is -2.05. The maximum atomic E-state index is 13.3. The molecule has 1 amide bonds. The van der Waals surface area contributed by atoms with Gasteiger partial charge in [0, 0.05) is 35.3 Å². The minimum Gasteiger partial charge on any atom is -0.493 e. The number of hydrogen-bond acceptors (Lipinski definition) is 10. The fraction of sp³-hybridized carbons (Fsp3) is 0.111. The van der Waals surface area contributed by atoms with E-state index >= 15 is 0 Å². The molecule has 0 fully saturated rings. The smallest absolute Gasteiger partial charge is 0.271 e. The van der Waals surface area contributed by atoms with Crippen LogP contribution in [0.15, 0.2) is 59.8 Å². The molecule has 0 aliphatic heterocycles. The van der Waals surface area contributed by atoms with Crippen molar-refractivity contribution in [3.05, 3.63) is 80.3 Å². The van der Waals surface area contributed by atoms with Crippen LogP contribution in [0.5, 0.6) is 11.5 Å². The first-order valence-corrected chi connectivity index (χ1v) is 13.9. The van der Waals surface area contributed by atoms with Crippen LogP contribution in [0.4, 0.5) is 22.9 Å². The molecule has 1 unspecified atom stereocenters. The van der Waals surface area contributed by atoms with Gasteiger partial charge in [-0.15, -0.1) is 0 Å². The molecule has 0 aliphatic carbocycles. The Balaban J connectivity index is 1.72. The fourth-order valence-electron chi connectivity index (χ4n) is 3.77. The van der Waals surface area contributed by atoms with Gasteiger partial charge >= 0.3 is 0 Å². The van der Waals surface area contributed by atoms with E-state index in [9.17, 15) is 19.1 Å². The number of halogens is 2. The average molecular weight is 627 g/mol. The van der Waals surface area contributed by atoms with E-state index in [2.05, 4.69) is 20.6 Å². The number of nitrogens with one attached hydrogen (secondary N) is 2. The number of rotatable bonds is 10. The Morgan fingerprint density at radius 2 is 1.81 bits per heavy atom. The molecule has 214 valence electrons. The molecule has 0 saturated heterocycles. The lowest BCUT2D eigenvalue weighted by Crippen LogP contribution is -2.21. The number of carbonyl (C=O) groups excluding carboxylic acids is 1. The van der Waals surface area contributed by atoms with E-state index in [1.54, 1.807) is 30.3 Å². The van der Waals surface area contributed by atoms with Gasteiger partial charge in [0.15, 0.2) is 11.5 Å². The van der Waals surface area contributed by atoms with Crippen LogP contribution in [0, 0.1) is 21.4 Å². The average Bonchev–Trinajstić information content (AvgIpc) is 2.96. The highest BCUT2D eigenvalue weighted by Gasteiger charge is 2.20. The van der Waals surface area contributed by atoms with Crippen LogP contribution in [0.25, 0.3) is 17.0 Å². The number of fused-ring (bicyclic) bond motifs is 1. The maximum Gasteiger partial charge on any atom is 0.271 e. The number of methoxy groups -OCH3 is 2. The molecule has 4 aromatic rings. The van der Waals surface area contributed by atoms with E-state index in [1.165, 1.54) is 44.6 Å². The van der Waals surface area contributed by atoms with Crippen molar-refractivity contribution >= 4 is 79.8 Å². The van der Waals surface area contributed by atoms with Gasteiger partial charge in [-0.2, -0.15) is 5.26 Å². The lowest BCUT2D eigenvalue weighted by atomic mass is 10.1. The normalized spacial score (nSPS) is 11.6. The van der Waals surface area contributed by atoms with Crippen LogP contribution in [0.2, 0.25) is 10.0 Å². The Morgan fingerprint density at radius 3 is 2.45 bits per heavy atom. The monoisotopic (exact) mass is 626 g/mol. The highest BCUT2D eigenvalue weighted by atomic mass is 35.5. The summed E-state index contributed by atoms with van der Waals surface area (Å²) >= 11 is 13.0. The standard InChI is InChI=1S/C27H20Cl2N6O6S/c1-40-22-12-18-21(13-23(22)41-2)32-27(42(39)14-24(36)31-16-6-3-7-17(11-16)35(37)38)34-26(18)33-25-19(28)9-15(5-4-8-30)10-20(25)29/h3-7,9-13H,14H2,1-2H3,(H,31,36)(H,32,33,34)/b5-4+. The van der Waals surface area contributed by atoms with Gasteiger partial charge in [-0.3, -0.25) is 19.1 Å². The summed E-state index contributed by atoms with van der Waals surface area (Å²) < 4.78 is 24.1. The van der Waals surface area contributed by atoms with Crippen molar-refractivity contribution < 1.29 is 23.4 Å². The Kier molecular flexibility index (Phi) is 9.53. The minimum absolute atomic E-state index is 0.160. The molecule has 1 heterocycles. The summed E-state index contributed by atoms with van der Waals surface area (Å²) in [6.07, 6.45) is 2.82. The molecule has 0 saturated carbocycles. The molecular formula is C27H20Cl2N6O6S. The number of amides is 1. The highest BCUT2D eigenvalue weighted by molar-refractivity contribution is 7.85. The van der Waals surface area contributed by atoms with E-state index in [1.807, 2.05) is 6.07 Å².